The van der Waals surface area contributed by atoms with Crippen LogP contribution in [0.15, 0.2) is 24.3 Å². The predicted octanol–water partition coefficient (Wildman–Crippen LogP) is 1.40. The molecule has 3 rings (SSSR count). The van der Waals surface area contributed by atoms with Gasteiger partial charge in [-0.1, -0.05) is 12.1 Å². The molecule has 0 radical (unpaired) electrons. The maximum absolute atomic E-state index is 13.5. The Labute approximate surface area is 231 Å². The maximum Gasteiger partial charge on any atom is 0.303 e. The molecule has 2 aliphatic heterocycles. The number of esters is 4. The lowest BCUT2D eigenvalue weighted by atomic mass is 9.98. The molecule has 0 aromatic heterocycles. The molecule has 220 valence electrons. The van der Waals surface area contributed by atoms with Gasteiger partial charge in [-0.25, -0.2) is 0 Å². The Morgan fingerprint density at radius 2 is 1.32 bits per heavy atom. The fourth-order valence-electron chi connectivity index (χ4n) is 4.67. The topological polar surface area (TPSA) is 153 Å². The zero-order chi connectivity index (χ0) is 29.6. The Hall–Kier alpha value is -3.71. The summed E-state index contributed by atoms with van der Waals surface area (Å²) in [6.45, 7) is 8.65. The van der Waals surface area contributed by atoms with Crippen LogP contribution in [0.2, 0.25) is 0 Å². The maximum atomic E-state index is 13.5. The van der Waals surface area contributed by atoms with Gasteiger partial charge in [0.1, 0.15) is 18.5 Å². The number of hydrogen-bond acceptors (Lipinski definition) is 12. The van der Waals surface area contributed by atoms with E-state index in [0.29, 0.717) is 13.1 Å². The molecule has 0 unspecified atom stereocenters. The molecule has 13 heteroatoms. The zero-order valence-electron chi connectivity index (χ0n) is 23.3. The molecule has 1 aromatic rings. The van der Waals surface area contributed by atoms with Gasteiger partial charge in [-0.3, -0.25) is 24.0 Å². The first-order valence-electron chi connectivity index (χ1n) is 12.9. The van der Waals surface area contributed by atoms with Gasteiger partial charge in [-0.15, -0.1) is 0 Å². The zero-order valence-corrected chi connectivity index (χ0v) is 23.3. The molecule has 2 saturated heterocycles. The highest BCUT2D eigenvalue weighted by Crippen LogP contribution is 2.32. The molecular formula is C27H35NO12. The summed E-state index contributed by atoms with van der Waals surface area (Å²) in [5.74, 6) is -3.14. The minimum atomic E-state index is -1.46. The highest BCUT2D eigenvalue weighted by Gasteiger charge is 2.53. The van der Waals surface area contributed by atoms with Crippen molar-refractivity contribution in [2.75, 3.05) is 19.7 Å². The second-order valence-corrected chi connectivity index (χ2v) is 9.65. The fraction of sp³-hybridized carbons (Fsp3) is 0.593. The van der Waals surface area contributed by atoms with Crippen molar-refractivity contribution in [2.45, 2.75) is 84.5 Å². The SMILES string of the molecule is CC(=O)OC[C@@H]1O[C@@H](Oc2ccccc2C(=O)N2C[C@@H](C)O[C@@H](C)C2)[C@@H](OC(C)=O)[C@H](OC(C)=O)[C@H]1OC(C)=O. The number of nitrogens with zero attached hydrogens (tertiary/aromatic N) is 1. The van der Waals surface area contributed by atoms with Crippen LogP contribution in [-0.2, 0) is 47.6 Å². The molecule has 2 heterocycles. The van der Waals surface area contributed by atoms with E-state index >= 15 is 0 Å². The third-order valence-corrected chi connectivity index (χ3v) is 6.02. The van der Waals surface area contributed by atoms with E-state index in [2.05, 4.69) is 0 Å². The Balaban J connectivity index is 1.99. The van der Waals surface area contributed by atoms with Crippen LogP contribution in [0.5, 0.6) is 5.75 Å². The Morgan fingerprint density at radius 1 is 0.775 bits per heavy atom. The first-order valence-corrected chi connectivity index (χ1v) is 12.9. The van der Waals surface area contributed by atoms with Gasteiger partial charge >= 0.3 is 23.9 Å². The van der Waals surface area contributed by atoms with Crippen molar-refractivity contribution >= 4 is 29.8 Å². The number of benzene rings is 1. The summed E-state index contributed by atoms with van der Waals surface area (Å²) in [5, 5.41) is 0. The normalized spacial score (nSPS) is 28.1. The van der Waals surface area contributed by atoms with E-state index in [1.807, 2.05) is 13.8 Å². The summed E-state index contributed by atoms with van der Waals surface area (Å²) in [6, 6.07) is 6.42. The minimum absolute atomic E-state index is 0.0974. The standard InChI is InChI=1S/C27H35NO12/c1-14-11-28(12-15(2)35-14)26(33)20-9-7-8-10-21(20)39-27-25(38-19(6)32)24(37-18(5)31)23(36-17(4)30)22(40-27)13-34-16(3)29/h7-10,14-15,22-25,27H,11-13H2,1-6H3/t14-,15+,22-,23-,24+,25-,27+/m0/s1. The van der Waals surface area contributed by atoms with E-state index in [-0.39, 0.29) is 29.4 Å². The molecular weight excluding hydrogens is 530 g/mol. The molecule has 13 nitrogen and oxygen atoms in total. The number of carbonyl (C=O) groups excluding carboxylic acids is 5. The second-order valence-electron chi connectivity index (χ2n) is 9.65. The van der Waals surface area contributed by atoms with E-state index in [0.717, 1.165) is 20.8 Å². The molecule has 0 bridgehead atoms. The predicted molar refractivity (Wildman–Crippen MR) is 135 cm³/mol. The average Bonchev–Trinajstić information content (AvgIpc) is 2.85. The van der Waals surface area contributed by atoms with Crippen molar-refractivity contribution in [1.82, 2.24) is 4.90 Å². The van der Waals surface area contributed by atoms with Crippen molar-refractivity contribution < 1.29 is 57.1 Å². The smallest absolute Gasteiger partial charge is 0.303 e. The van der Waals surface area contributed by atoms with Crippen LogP contribution >= 0.6 is 0 Å². The van der Waals surface area contributed by atoms with Crippen molar-refractivity contribution in [2.24, 2.45) is 0 Å². The third kappa shape index (κ3) is 8.15. The fourth-order valence-corrected chi connectivity index (χ4v) is 4.67. The van der Waals surface area contributed by atoms with Crippen molar-refractivity contribution in [3.05, 3.63) is 29.8 Å². The van der Waals surface area contributed by atoms with Gasteiger partial charge in [0, 0.05) is 40.8 Å². The van der Waals surface area contributed by atoms with E-state index in [1.54, 1.807) is 23.1 Å². The summed E-state index contributed by atoms with van der Waals surface area (Å²) in [5.41, 5.74) is 0.205. The van der Waals surface area contributed by atoms with Gasteiger partial charge in [0.05, 0.1) is 17.8 Å². The van der Waals surface area contributed by atoms with Gasteiger partial charge in [0.25, 0.3) is 5.91 Å². The number of carbonyl (C=O) groups is 5. The Kier molecular flexibility index (Phi) is 10.5. The number of para-hydroxylation sites is 1. The highest BCUT2D eigenvalue weighted by atomic mass is 16.7. The van der Waals surface area contributed by atoms with E-state index < -0.39 is 61.2 Å². The van der Waals surface area contributed by atoms with Gasteiger partial charge in [-0.2, -0.15) is 0 Å². The minimum Gasteiger partial charge on any atom is -0.463 e. The average molecular weight is 566 g/mol. The summed E-state index contributed by atoms with van der Waals surface area (Å²) in [4.78, 5) is 62.8. The quantitative estimate of drug-likeness (QED) is 0.331. The van der Waals surface area contributed by atoms with E-state index in [4.69, 9.17) is 33.2 Å². The molecule has 7 atom stereocenters. The molecule has 0 saturated carbocycles. The van der Waals surface area contributed by atoms with Gasteiger partial charge < -0.3 is 38.1 Å². The van der Waals surface area contributed by atoms with Crippen LogP contribution in [0.4, 0.5) is 0 Å². The van der Waals surface area contributed by atoms with Crippen molar-refractivity contribution in [3.63, 3.8) is 0 Å². The van der Waals surface area contributed by atoms with Crippen LogP contribution in [-0.4, -0.2) is 97.3 Å². The van der Waals surface area contributed by atoms with Crippen molar-refractivity contribution in [1.29, 1.82) is 0 Å². The number of rotatable bonds is 8. The van der Waals surface area contributed by atoms with Crippen LogP contribution in [0.3, 0.4) is 0 Å². The number of hydrogen-bond donors (Lipinski definition) is 0. The number of amides is 1. The summed E-state index contributed by atoms with van der Waals surface area (Å²) in [7, 11) is 0. The van der Waals surface area contributed by atoms with Crippen LogP contribution in [0, 0.1) is 0 Å². The highest BCUT2D eigenvalue weighted by molar-refractivity contribution is 5.97. The molecule has 1 amide bonds. The summed E-state index contributed by atoms with van der Waals surface area (Å²) >= 11 is 0. The lowest BCUT2D eigenvalue weighted by molar-refractivity contribution is -0.288. The van der Waals surface area contributed by atoms with Gasteiger partial charge in [-0.05, 0) is 26.0 Å². The first kappa shape index (κ1) is 30.8. The largest absolute Gasteiger partial charge is 0.463 e. The van der Waals surface area contributed by atoms with Gasteiger partial charge in [0.2, 0.25) is 12.4 Å². The molecule has 0 N–H and O–H groups in total. The van der Waals surface area contributed by atoms with Crippen LogP contribution in [0.25, 0.3) is 0 Å². The molecule has 0 spiro atoms. The first-order chi connectivity index (χ1) is 18.8. The monoisotopic (exact) mass is 565 g/mol. The molecule has 40 heavy (non-hydrogen) atoms. The second kappa shape index (κ2) is 13.6. The van der Waals surface area contributed by atoms with Crippen molar-refractivity contribution in [3.8, 4) is 5.75 Å². The molecule has 0 aliphatic carbocycles. The van der Waals surface area contributed by atoms with Crippen LogP contribution < -0.4 is 4.74 Å². The van der Waals surface area contributed by atoms with Crippen LogP contribution in [0.1, 0.15) is 51.9 Å². The van der Waals surface area contributed by atoms with Gasteiger partial charge in [0.15, 0.2) is 12.2 Å². The summed E-state index contributed by atoms with van der Waals surface area (Å²) < 4.78 is 39.2. The van der Waals surface area contributed by atoms with E-state index in [9.17, 15) is 24.0 Å². The molecule has 2 fully saturated rings. The number of ether oxygens (including phenoxy) is 7. The van der Waals surface area contributed by atoms with E-state index in [1.165, 1.54) is 13.0 Å². The lowest BCUT2D eigenvalue weighted by Crippen LogP contribution is -2.63. The lowest BCUT2D eigenvalue weighted by Gasteiger charge is -2.44. The number of morpholine rings is 1. The Morgan fingerprint density at radius 3 is 1.90 bits per heavy atom. The molecule has 2 aliphatic rings. The Bertz CT molecular complexity index is 1100. The third-order valence-electron chi connectivity index (χ3n) is 6.02. The summed E-state index contributed by atoms with van der Waals surface area (Å²) in [6.07, 6.45) is -7.12. The molecule has 1 aromatic carbocycles.